The molecule has 0 spiro atoms. The van der Waals surface area contributed by atoms with Crippen LogP contribution in [0.2, 0.25) is 0 Å². The molecule has 0 radical (unpaired) electrons. The van der Waals surface area contributed by atoms with Gasteiger partial charge in [-0.15, -0.1) is 0 Å². The monoisotopic (exact) mass is 247 g/mol. The molecule has 1 unspecified atom stereocenters. The molecule has 0 amide bonds. The number of rotatable bonds is 9. The van der Waals surface area contributed by atoms with E-state index in [4.69, 9.17) is 0 Å². The molecule has 1 fully saturated rings. The lowest BCUT2D eigenvalue weighted by atomic mass is 10.1. The Morgan fingerprint density at radius 3 is 2.44 bits per heavy atom. The molecule has 1 rings (SSSR count). The third-order valence-corrected chi connectivity index (χ3v) is 5.03. The van der Waals surface area contributed by atoms with E-state index in [9.17, 15) is 8.42 Å². The summed E-state index contributed by atoms with van der Waals surface area (Å²) in [4.78, 5) is 0. The molecule has 16 heavy (non-hydrogen) atoms. The molecule has 1 aliphatic carbocycles. The van der Waals surface area contributed by atoms with Gasteiger partial charge in [0.15, 0.2) is 9.84 Å². The fourth-order valence-corrected chi connectivity index (χ4v) is 3.24. The first kappa shape index (κ1) is 14.0. The summed E-state index contributed by atoms with van der Waals surface area (Å²) in [5, 5.41) is 3.38. The second-order valence-corrected chi connectivity index (χ2v) is 7.19. The zero-order valence-corrected chi connectivity index (χ0v) is 11.4. The molecule has 0 aromatic heterocycles. The van der Waals surface area contributed by atoms with Gasteiger partial charge in [0.2, 0.25) is 0 Å². The standard InChI is InChI=1S/C12H25NO2S/c1-3-8-16(14,15)9-7-13-12(4-2)10-11-5-6-11/h11-13H,3-10H2,1-2H3. The van der Waals surface area contributed by atoms with Crippen LogP contribution in [-0.4, -0.2) is 32.5 Å². The smallest absolute Gasteiger partial charge is 0.151 e. The van der Waals surface area contributed by atoms with Gasteiger partial charge in [0.1, 0.15) is 0 Å². The third kappa shape index (κ3) is 5.85. The minimum atomic E-state index is -2.81. The summed E-state index contributed by atoms with van der Waals surface area (Å²) in [6.45, 7) is 4.70. The Balaban J connectivity index is 2.16. The van der Waals surface area contributed by atoms with Crippen LogP contribution in [0.1, 0.15) is 46.0 Å². The van der Waals surface area contributed by atoms with Crippen LogP contribution >= 0.6 is 0 Å². The summed E-state index contributed by atoms with van der Waals surface area (Å²) in [6, 6.07) is 0.518. The molecule has 1 N–H and O–H groups in total. The number of hydrogen-bond acceptors (Lipinski definition) is 3. The zero-order valence-electron chi connectivity index (χ0n) is 10.5. The molecule has 0 heterocycles. The SMILES string of the molecule is CCCS(=O)(=O)CCNC(CC)CC1CC1. The van der Waals surface area contributed by atoms with Gasteiger partial charge in [0, 0.05) is 18.3 Å². The highest BCUT2D eigenvalue weighted by molar-refractivity contribution is 7.91. The maximum absolute atomic E-state index is 11.5. The molecule has 1 atom stereocenters. The average molecular weight is 247 g/mol. The highest BCUT2D eigenvalue weighted by atomic mass is 32.2. The predicted molar refractivity (Wildman–Crippen MR) is 68.4 cm³/mol. The molecule has 0 bridgehead atoms. The van der Waals surface area contributed by atoms with Crippen molar-refractivity contribution in [2.45, 2.75) is 52.0 Å². The second kappa shape index (κ2) is 6.60. The first-order valence-electron chi connectivity index (χ1n) is 6.51. The van der Waals surface area contributed by atoms with Crippen molar-refractivity contribution in [3.05, 3.63) is 0 Å². The Hall–Kier alpha value is -0.0900. The number of sulfone groups is 1. The van der Waals surface area contributed by atoms with Crippen molar-refractivity contribution in [3.8, 4) is 0 Å². The number of hydrogen-bond donors (Lipinski definition) is 1. The van der Waals surface area contributed by atoms with Gasteiger partial charge in [0.25, 0.3) is 0 Å². The van der Waals surface area contributed by atoms with Gasteiger partial charge >= 0.3 is 0 Å². The van der Waals surface area contributed by atoms with E-state index in [2.05, 4.69) is 12.2 Å². The van der Waals surface area contributed by atoms with E-state index in [1.807, 2.05) is 6.92 Å². The van der Waals surface area contributed by atoms with Crippen LogP contribution < -0.4 is 5.32 Å². The van der Waals surface area contributed by atoms with Crippen molar-refractivity contribution in [2.75, 3.05) is 18.1 Å². The summed E-state index contributed by atoms with van der Waals surface area (Å²) in [7, 11) is -2.81. The summed E-state index contributed by atoms with van der Waals surface area (Å²) >= 11 is 0. The van der Waals surface area contributed by atoms with Crippen molar-refractivity contribution < 1.29 is 8.42 Å². The third-order valence-electron chi connectivity index (χ3n) is 3.17. The minimum Gasteiger partial charge on any atom is -0.313 e. The Bertz CT molecular complexity index is 283. The van der Waals surface area contributed by atoms with Crippen LogP contribution in [0.15, 0.2) is 0 Å². The summed E-state index contributed by atoms with van der Waals surface area (Å²) in [5.74, 6) is 1.53. The Labute approximate surface area is 99.9 Å². The van der Waals surface area contributed by atoms with E-state index in [1.54, 1.807) is 0 Å². The Morgan fingerprint density at radius 1 is 1.25 bits per heavy atom. The van der Waals surface area contributed by atoms with Gasteiger partial charge < -0.3 is 5.32 Å². The first-order valence-corrected chi connectivity index (χ1v) is 8.33. The minimum absolute atomic E-state index is 0.294. The highest BCUT2D eigenvalue weighted by Crippen LogP contribution is 2.33. The lowest BCUT2D eigenvalue weighted by Crippen LogP contribution is -2.33. The van der Waals surface area contributed by atoms with Crippen LogP contribution in [0, 0.1) is 5.92 Å². The van der Waals surface area contributed by atoms with E-state index in [0.29, 0.717) is 24.1 Å². The van der Waals surface area contributed by atoms with Gasteiger partial charge in [-0.3, -0.25) is 0 Å². The van der Waals surface area contributed by atoms with E-state index in [0.717, 1.165) is 18.8 Å². The maximum Gasteiger partial charge on any atom is 0.151 e. The molecular weight excluding hydrogens is 222 g/mol. The van der Waals surface area contributed by atoms with E-state index >= 15 is 0 Å². The number of nitrogens with one attached hydrogen (secondary N) is 1. The molecule has 0 aromatic rings. The van der Waals surface area contributed by atoms with Crippen LogP contribution in [0.4, 0.5) is 0 Å². The fourth-order valence-electron chi connectivity index (χ4n) is 1.98. The average Bonchev–Trinajstić information content (AvgIpc) is 2.99. The van der Waals surface area contributed by atoms with Crippen molar-refractivity contribution in [3.63, 3.8) is 0 Å². The molecule has 1 saturated carbocycles. The first-order chi connectivity index (χ1) is 7.57. The maximum atomic E-state index is 11.5. The van der Waals surface area contributed by atoms with Crippen molar-refractivity contribution in [1.82, 2.24) is 5.32 Å². The highest BCUT2D eigenvalue weighted by Gasteiger charge is 2.24. The van der Waals surface area contributed by atoms with Gasteiger partial charge in [-0.25, -0.2) is 8.42 Å². The van der Waals surface area contributed by atoms with Crippen LogP contribution in [-0.2, 0) is 9.84 Å². The van der Waals surface area contributed by atoms with Crippen molar-refractivity contribution in [2.24, 2.45) is 5.92 Å². The van der Waals surface area contributed by atoms with E-state index in [-0.39, 0.29) is 0 Å². The molecule has 1 aliphatic rings. The van der Waals surface area contributed by atoms with Crippen molar-refractivity contribution >= 4 is 9.84 Å². The predicted octanol–water partition coefficient (Wildman–Crippen LogP) is 1.98. The lowest BCUT2D eigenvalue weighted by Gasteiger charge is -2.16. The molecule has 0 saturated heterocycles. The van der Waals surface area contributed by atoms with E-state index in [1.165, 1.54) is 19.3 Å². The summed E-state index contributed by atoms with van der Waals surface area (Å²) < 4.78 is 23.0. The summed E-state index contributed by atoms with van der Waals surface area (Å²) in [6.07, 6.45) is 5.79. The lowest BCUT2D eigenvalue weighted by molar-refractivity contribution is 0.456. The van der Waals surface area contributed by atoms with Gasteiger partial charge in [-0.2, -0.15) is 0 Å². The molecular formula is C12H25NO2S. The molecule has 0 aliphatic heterocycles. The Kier molecular flexibility index (Phi) is 5.76. The zero-order chi connectivity index (χ0) is 12.0. The van der Waals surface area contributed by atoms with Crippen molar-refractivity contribution in [1.29, 1.82) is 0 Å². The van der Waals surface area contributed by atoms with Gasteiger partial charge in [-0.1, -0.05) is 26.7 Å². The molecule has 96 valence electrons. The quantitative estimate of drug-likeness (QED) is 0.677. The van der Waals surface area contributed by atoms with Crippen LogP contribution in [0.3, 0.4) is 0 Å². The van der Waals surface area contributed by atoms with Gasteiger partial charge in [0.05, 0.1) is 5.75 Å². The second-order valence-electron chi connectivity index (χ2n) is 4.89. The topological polar surface area (TPSA) is 46.2 Å². The Morgan fingerprint density at radius 2 is 1.94 bits per heavy atom. The molecule has 3 nitrogen and oxygen atoms in total. The largest absolute Gasteiger partial charge is 0.313 e. The normalized spacial score (nSPS) is 18.6. The van der Waals surface area contributed by atoms with Crippen LogP contribution in [0.25, 0.3) is 0 Å². The van der Waals surface area contributed by atoms with Gasteiger partial charge in [-0.05, 0) is 25.2 Å². The van der Waals surface area contributed by atoms with Crippen LogP contribution in [0.5, 0.6) is 0 Å². The summed E-state index contributed by atoms with van der Waals surface area (Å²) in [5.41, 5.74) is 0. The van der Waals surface area contributed by atoms with E-state index < -0.39 is 9.84 Å². The fraction of sp³-hybridized carbons (Fsp3) is 1.00. The molecule has 0 aromatic carbocycles. The molecule has 4 heteroatoms.